The highest BCUT2D eigenvalue weighted by molar-refractivity contribution is 5.78. The van der Waals surface area contributed by atoms with Gasteiger partial charge in [0.2, 0.25) is 0 Å². The van der Waals surface area contributed by atoms with E-state index in [0.717, 1.165) is 12.5 Å². The molecule has 0 atom stereocenters. The molecule has 2 aromatic carbocycles. The topological polar surface area (TPSA) is 12.0 Å². The van der Waals surface area contributed by atoms with E-state index in [2.05, 4.69) is 47.8 Å². The lowest BCUT2D eigenvalue weighted by atomic mass is 10.1. The molecule has 0 unspecified atom stereocenters. The molecule has 2 aliphatic carbocycles. The van der Waals surface area contributed by atoms with Gasteiger partial charge in [0.05, 0.1) is 0 Å². The maximum Gasteiger partial charge on any atom is 0.0345 e. The highest BCUT2D eigenvalue weighted by atomic mass is 14.9. The second-order valence-corrected chi connectivity index (χ2v) is 5.12. The van der Waals surface area contributed by atoms with Gasteiger partial charge < -0.3 is 5.32 Å². The molecule has 0 saturated heterocycles. The molecule has 2 aliphatic rings. The standard InChI is InChI=1S/C16H15N/c1-2-4-15-11(3-1)9-12-10-14(7-8-16(12)15)17-13-5-6-13/h1-4,7-8,10,13,17H,5-6,9H2. The first-order valence-electron chi connectivity index (χ1n) is 6.38. The van der Waals surface area contributed by atoms with Crippen molar-refractivity contribution >= 4 is 5.69 Å². The van der Waals surface area contributed by atoms with Gasteiger partial charge in [-0.05, 0) is 53.6 Å². The van der Waals surface area contributed by atoms with Crippen molar-refractivity contribution in [2.45, 2.75) is 25.3 Å². The average molecular weight is 221 g/mol. The molecule has 4 rings (SSSR count). The van der Waals surface area contributed by atoms with E-state index < -0.39 is 0 Å². The van der Waals surface area contributed by atoms with Crippen LogP contribution in [-0.2, 0) is 6.42 Å². The second kappa shape index (κ2) is 3.36. The van der Waals surface area contributed by atoms with Crippen molar-refractivity contribution < 1.29 is 0 Å². The molecule has 0 aromatic heterocycles. The Morgan fingerprint density at radius 2 is 1.71 bits per heavy atom. The van der Waals surface area contributed by atoms with Gasteiger partial charge >= 0.3 is 0 Å². The van der Waals surface area contributed by atoms with Gasteiger partial charge in [0, 0.05) is 11.7 Å². The minimum atomic E-state index is 0.733. The van der Waals surface area contributed by atoms with Crippen molar-refractivity contribution in [3.05, 3.63) is 53.6 Å². The number of nitrogens with one attached hydrogen (secondary N) is 1. The zero-order valence-corrected chi connectivity index (χ0v) is 9.74. The van der Waals surface area contributed by atoms with Crippen LogP contribution in [0.5, 0.6) is 0 Å². The third kappa shape index (κ3) is 1.54. The molecule has 1 fully saturated rings. The van der Waals surface area contributed by atoms with Gasteiger partial charge in [-0.15, -0.1) is 0 Å². The van der Waals surface area contributed by atoms with Gasteiger partial charge in [0.15, 0.2) is 0 Å². The summed E-state index contributed by atoms with van der Waals surface area (Å²) in [6, 6.07) is 16.3. The highest BCUT2D eigenvalue weighted by Crippen LogP contribution is 2.38. The summed E-state index contributed by atoms with van der Waals surface area (Å²) in [5.41, 5.74) is 7.06. The summed E-state index contributed by atoms with van der Waals surface area (Å²) in [6.45, 7) is 0. The Hall–Kier alpha value is -1.76. The molecular weight excluding hydrogens is 206 g/mol. The zero-order valence-electron chi connectivity index (χ0n) is 9.74. The third-order valence-electron chi connectivity index (χ3n) is 3.74. The van der Waals surface area contributed by atoms with Crippen molar-refractivity contribution in [3.8, 4) is 11.1 Å². The third-order valence-corrected chi connectivity index (χ3v) is 3.74. The molecule has 0 radical (unpaired) electrons. The summed E-state index contributed by atoms with van der Waals surface area (Å²) in [5, 5.41) is 3.57. The number of hydrogen-bond donors (Lipinski definition) is 1. The van der Waals surface area contributed by atoms with Crippen LogP contribution in [0.3, 0.4) is 0 Å². The maximum absolute atomic E-state index is 3.57. The molecule has 0 bridgehead atoms. The van der Waals surface area contributed by atoms with Gasteiger partial charge in [-0.1, -0.05) is 30.3 Å². The maximum atomic E-state index is 3.57. The molecule has 2 aromatic rings. The minimum Gasteiger partial charge on any atom is -0.382 e. The first-order valence-corrected chi connectivity index (χ1v) is 6.38. The van der Waals surface area contributed by atoms with E-state index in [4.69, 9.17) is 0 Å². The van der Waals surface area contributed by atoms with Crippen molar-refractivity contribution in [3.63, 3.8) is 0 Å². The lowest BCUT2D eigenvalue weighted by molar-refractivity contribution is 1.15. The predicted molar refractivity (Wildman–Crippen MR) is 71.3 cm³/mol. The van der Waals surface area contributed by atoms with Gasteiger partial charge in [-0.3, -0.25) is 0 Å². The summed E-state index contributed by atoms with van der Waals surface area (Å²) < 4.78 is 0. The number of rotatable bonds is 2. The summed E-state index contributed by atoms with van der Waals surface area (Å²) >= 11 is 0. The number of benzene rings is 2. The lowest BCUT2D eigenvalue weighted by Gasteiger charge is -2.07. The van der Waals surface area contributed by atoms with Crippen LogP contribution in [0.25, 0.3) is 11.1 Å². The van der Waals surface area contributed by atoms with Crippen LogP contribution in [0.15, 0.2) is 42.5 Å². The molecule has 1 N–H and O–H groups in total. The van der Waals surface area contributed by atoms with Crippen molar-refractivity contribution in [2.75, 3.05) is 5.32 Å². The van der Waals surface area contributed by atoms with Crippen LogP contribution in [0, 0.1) is 0 Å². The van der Waals surface area contributed by atoms with Crippen LogP contribution in [-0.4, -0.2) is 6.04 Å². The summed E-state index contributed by atoms with van der Waals surface area (Å²) in [7, 11) is 0. The normalized spacial score (nSPS) is 16.5. The Morgan fingerprint density at radius 3 is 2.59 bits per heavy atom. The van der Waals surface area contributed by atoms with Crippen LogP contribution in [0.2, 0.25) is 0 Å². The molecule has 1 heteroatoms. The molecule has 17 heavy (non-hydrogen) atoms. The molecule has 1 nitrogen and oxygen atoms in total. The van der Waals surface area contributed by atoms with Crippen LogP contribution >= 0.6 is 0 Å². The van der Waals surface area contributed by atoms with E-state index in [1.807, 2.05) is 0 Å². The summed E-state index contributed by atoms with van der Waals surface area (Å²) in [6.07, 6.45) is 3.75. The summed E-state index contributed by atoms with van der Waals surface area (Å²) in [4.78, 5) is 0. The Kier molecular flexibility index (Phi) is 1.84. The van der Waals surface area contributed by atoms with E-state index >= 15 is 0 Å². The SMILES string of the molecule is c1ccc2c(c1)Cc1cc(NC3CC3)ccc1-2. The Morgan fingerprint density at radius 1 is 0.882 bits per heavy atom. The first kappa shape index (κ1) is 9.29. The average Bonchev–Trinajstić information content (AvgIpc) is 3.08. The quantitative estimate of drug-likeness (QED) is 0.693. The summed E-state index contributed by atoms with van der Waals surface area (Å²) in [5.74, 6) is 0. The number of fused-ring (bicyclic) bond motifs is 3. The molecule has 0 heterocycles. The van der Waals surface area contributed by atoms with E-state index in [0.29, 0.717) is 0 Å². The molecule has 0 spiro atoms. The number of hydrogen-bond acceptors (Lipinski definition) is 1. The van der Waals surface area contributed by atoms with Crippen molar-refractivity contribution in [2.24, 2.45) is 0 Å². The lowest BCUT2D eigenvalue weighted by Crippen LogP contribution is -2.00. The Bertz CT molecular complexity index is 582. The van der Waals surface area contributed by atoms with E-state index in [-0.39, 0.29) is 0 Å². The molecule has 0 amide bonds. The fourth-order valence-corrected chi connectivity index (χ4v) is 2.70. The Labute approximate surface area is 101 Å². The fourth-order valence-electron chi connectivity index (χ4n) is 2.70. The van der Waals surface area contributed by atoms with Gasteiger partial charge in [0.25, 0.3) is 0 Å². The highest BCUT2D eigenvalue weighted by Gasteiger charge is 2.22. The molecule has 0 aliphatic heterocycles. The fraction of sp³-hybridized carbons (Fsp3) is 0.250. The monoisotopic (exact) mass is 221 g/mol. The van der Waals surface area contributed by atoms with E-state index in [1.54, 1.807) is 0 Å². The molecule has 84 valence electrons. The van der Waals surface area contributed by atoms with E-state index in [1.165, 1.54) is 40.8 Å². The van der Waals surface area contributed by atoms with Gasteiger partial charge in [-0.25, -0.2) is 0 Å². The van der Waals surface area contributed by atoms with Crippen LogP contribution in [0.1, 0.15) is 24.0 Å². The largest absolute Gasteiger partial charge is 0.382 e. The van der Waals surface area contributed by atoms with Gasteiger partial charge in [0.1, 0.15) is 0 Å². The van der Waals surface area contributed by atoms with E-state index in [9.17, 15) is 0 Å². The second-order valence-electron chi connectivity index (χ2n) is 5.12. The molecule has 1 saturated carbocycles. The van der Waals surface area contributed by atoms with Crippen LogP contribution < -0.4 is 5.32 Å². The molecular formula is C16H15N. The van der Waals surface area contributed by atoms with Gasteiger partial charge in [-0.2, -0.15) is 0 Å². The first-order chi connectivity index (χ1) is 8.40. The van der Waals surface area contributed by atoms with Crippen molar-refractivity contribution in [1.82, 2.24) is 0 Å². The van der Waals surface area contributed by atoms with Crippen LogP contribution in [0.4, 0.5) is 5.69 Å². The minimum absolute atomic E-state index is 0.733. The predicted octanol–water partition coefficient (Wildman–Crippen LogP) is 3.83. The zero-order chi connectivity index (χ0) is 11.2. The number of anilines is 1. The smallest absolute Gasteiger partial charge is 0.0345 e. The van der Waals surface area contributed by atoms with Crippen molar-refractivity contribution in [1.29, 1.82) is 0 Å². The Balaban J connectivity index is 1.75.